The van der Waals surface area contributed by atoms with Crippen LogP contribution < -0.4 is 0 Å². The number of Topliss-reactive ketones (excluding diaryl/α,β-unsaturated/α-hetero) is 1. The molecule has 0 saturated heterocycles. The Labute approximate surface area is 96.1 Å². The molecule has 1 aromatic carbocycles. The lowest BCUT2D eigenvalue weighted by atomic mass is 10.1. The Morgan fingerprint density at radius 2 is 2.14 bits per heavy atom. The van der Waals surface area contributed by atoms with Gasteiger partial charge in [-0.05, 0) is 13.0 Å². The minimum atomic E-state index is 0.129. The Hall–Kier alpha value is -0.840. The Morgan fingerprint density at radius 1 is 1.43 bits per heavy atom. The quantitative estimate of drug-likeness (QED) is 0.474. The van der Waals surface area contributed by atoms with Gasteiger partial charge in [-0.15, -0.1) is 0 Å². The summed E-state index contributed by atoms with van der Waals surface area (Å²) in [6.07, 6.45) is 1.93. The predicted octanol–water partition coefficient (Wildman–Crippen LogP) is 3.24. The molecular formula is C11H10INO. The molecule has 1 aromatic heterocycles. The lowest BCUT2D eigenvalue weighted by Crippen LogP contribution is -1.90. The zero-order valence-corrected chi connectivity index (χ0v) is 9.98. The highest BCUT2D eigenvalue weighted by Crippen LogP contribution is 2.22. The first kappa shape index (κ1) is 9.71. The summed E-state index contributed by atoms with van der Waals surface area (Å²) in [6, 6.07) is 8.00. The minimum absolute atomic E-state index is 0.129. The van der Waals surface area contributed by atoms with E-state index in [-0.39, 0.29) is 5.78 Å². The lowest BCUT2D eigenvalue weighted by molar-refractivity contribution is 0.101. The van der Waals surface area contributed by atoms with Gasteiger partial charge in [0.05, 0.1) is 4.55 Å². The van der Waals surface area contributed by atoms with Crippen LogP contribution in [0.25, 0.3) is 10.9 Å². The highest BCUT2D eigenvalue weighted by molar-refractivity contribution is 14.1. The van der Waals surface area contributed by atoms with E-state index in [1.807, 2.05) is 30.5 Å². The molecule has 2 nitrogen and oxygen atoms in total. The van der Waals surface area contributed by atoms with Crippen LogP contribution in [-0.2, 0) is 4.55 Å². The van der Waals surface area contributed by atoms with Crippen molar-refractivity contribution in [2.45, 2.75) is 11.5 Å². The smallest absolute Gasteiger partial charge is 0.161 e. The average Bonchev–Trinajstić information content (AvgIpc) is 2.56. The second-order valence-electron chi connectivity index (χ2n) is 3.21. The monoisotopic (exact) mass is 299 g/mol. The second kappa shape index (κ2) is 3.73. The van der Waals surface area contributed by atoms with Gasteiger partial charge in [0.15, 0.2) is 5.78 Å². The van der Waals surface area contributed by atoms with Gasteiger partial charge in [0, 0.05) is 22.7 Å². The van der Waals surface area contributed by atoms with Crippen LogP contribution in [0.3, 0.4) is 0 Å². The number of para-hydroxylation sites is 1. The minimum Gasteiger partial charge on any atom is -0.337 e. The first-order chi connectivity index (χ1) is 6.74. The Kier molecular flexibility index (Phi) is 2.58. The van der Waals surface area contributed by atoms with E-state index >= 15 is 0 Å². The summed E-state index contributed by atoms with van der Waals surface area (Å²) in [5.41, 5.74) is 1.95. The molecular weight excluding hydrogens is 289 g/mol. The summed E-state index contributed by atoms with van der Waals surface area (Å²) in [7, 11) is 0. The molecule has 0 unspecified atom stereocenters. The first-order valence-corrected chi connectivity index (χ1v) is 5.91. The molecule has 0 radical (unpaired) electrons. The van der Waals surface area contributed by atoms with Crippen LogP contribution in [-0.4, -0.2) is 10.4 Å². The molecule has 14 heavy (non-hydrogen) atoms. The topological polar surface area (TPSA) is 22.0 Å². The number of carbonyl (C=O) groups is 1. The zero-order chi connectivity index (χ0) is 10.1. The van der Waals surface area contributed by atoms with E-state index in [0.29, 0.717) is 0 Å². The maximum Gasteiger partial charge on any atom is 0.161 e. The van der Waals surface area contributed by atoms with E-state index in [4.69, 9.17) is 0 Å². The number of nitrogens with zero attached hydrogens (tertiary/aromatic N) is 1. The third-order valence-corrected chi connectivity index (χ3v) is 3.03. The molecule has 0 aliphatic heterocycles. The van der Waals surface area contributed by atoms with Crippen molar-refractivity contribution in [3.8, 4) is 0 Å². The van der Waals surface area contributed by atoms with Crippen molar-refractivity contribution in [3.05, 3.63) is 36.0 Å². The van der Waals surface area contributed by atoms with Crippen LogP contribution >= 0.6 is 22.6 Å². The number of hydrogen-bond acceptors (Lipinski definition) is 1. The number of rotatable bonds is 2. The van der Waals surface area contributed by atoms with Gasteiger partial charge in [-0.25, -0.2) is 0 Å². The van der Waals surface area contributed by atoms with E-state index < -0.39 is 0 Å². The van der Waals surface area contributed by atoms with Gasteiger partial charge in [-0.1, -0.05) is 40.8 Å². The van der Waals surface area contributed by atoms with Crippen molar-refractivity contribution in [3.63, 3.8) is 0 Å². The molecule has 0 aliphatic carbocycles. The molecule has 0 atom stereocenters. The van der Waals surface area contributed by atoms with Crippen molar-refractivity contribution >= 4 is 39.3 Å². The number of halogens is 1. The van der Waals surface area contributed by atoms with E-state index in [1.54, 1.807) is 6.92 Å². The number of fused-ring (bicyclic) bond motifs is 1. The number of ketones is 1. The molecule has 0 N–H and O–H groups in total. The summed E-state index contributed by atoms with van der Waals surface area (Å²) in [5.74, 6) is 0.129. The molecule has 2 aromatic rings. The van der Waals surface area contributed by atoms with Crippen molar-refractivity contribution < 1.29 is 4.79 Å². The predicted molar refractivity (Wildman–Crippen MR) is 66.0 cm³/mol. The van der Waals surface area contributed by atoms with Crippen LogP contribution in [0, 0.1) is 0 Å². The SMILES string of the molecule is CC(=O)c1cn(CI)c2ccccc12. The second-order valence-corrected chi connectivity index (χ2v) is 3.89. The van der Waals surface area contributed by atoms with Crippen LogP contribution in [0.1, 0.15) is 17.3 Å². The largest absolute Gasteiger partial charge is 0.337 e. The van der Waals surface area contributed by atoms with Crippen LogP contribution in [0.5, 0.6) is 0 Å². The third kappa shape index (κ3) is 1.45. The molecule has 0 saturated carbocycles. The average molecular weight is 299 g/mol. The van der Waals surface area contributed by atoms with Crippen LogP contribution in [0.2, 0.25) is 0 Å². The number of alkyl halides is 1. The summed E-state index contributed by atoms with van der Waals surface area (Å²) < 4.78 is 2.96. The van der Waals surface area contributed by atoms with E-state index in [0.717, 1.165) is 21.0 Å². The molecule has 0 amide bonds. The fraction of sp³-hybridized carbons (Fsp3) is 0.182. The summed E-state index contributed by atoms with van der Waals surface area (Å²) in [6.45, 7) is 1.61. The van der Waals surface area contributed by atoms with E-state index in [1.165, 1.54) is 0 Å². The Bertz CT molecular complexity index is 487. The van der Waals surface area contributed by atoms with Gasteiger partial charge >= 0.3 is 0 Å². The molecule has 1 heterocycles. The fourth-order valence-electron chi connectivity index (χ4n) is 1.63. The number of benzene rings is 1. The van der Waals surface area contributed by atoms with Crippen molar-refractivity contribution in [1.29, 1.82) is 0 Å². The molecule has 3 heteroatoms. The third-order valence-electron chi connectivity index (χ3n) is 2.30. The summed E-state index contributed by atoms with van der Waals surface area (Å²) in [4.78, 5) is 11.4. The number of hydrogen-bond donors (Lipinski definition) is 0. The first-order valence-electron chi connectivity index (χ1n) is 4.39. The molecule has 2 rings (SSSR count). The summed E-state index contributed by atoms with van der Waals surface area (Å²) >= 11 is 2.29. The molecule has 0 bridgehead atoms. The highest BCUT2D eigenvalue weighted by Gasteiger charge is 2.09. The summed E-state index contributed by atoms with van der Waals surface area (Å²) in [5, 5.41) is 1.05. The van der Waals surface area contributed by atoms with Crippen molar-refractivity contribution in [2.24, 2.45) is 0 Å². The van der Waals surface area contributed by atoms with E-state index in [2.05, 4.69) is 27.2 Å². The standard InChI is InChI=1S/C11H10INO/c1-8(14)10-6-13(7-12)11-5-3-2-4-9(10)11/h2-6H,7H2,1H3. The maximum atomic E-state index is 11.4. The normalized spacial score (nSPS) is 10.7. The molecule has 0 fully saturated rings. The zero-order valence-electron chi connectivity index (χ0n) is 7.83. The van der Waals surface area contributed by atoms with Crippen molar-refractivity contribution in [2.75, 3.05) is 0 Å². The van der Waals surface area contributed by atoms with Gasteiger partial charge in [0.1, 0.15) is 0 Å². The van der Waals surface area contributed by atoms with Gasteiger partial charge < -0.3 is 4.57 Å². The number of carbonyl (C=O) groups excluding carboxylic acids is 1. The highest BCUT2D eigenvalue weighted by atomic mass is 127. The van der Waals surface area contributed by atoms with Crippen molar-refractivity contribution in [1.82, 2.24) is 4.57 Å². The maximum absolute atomic E-state index is 11.4. The number of aromatic nitrogens is 1. The van der Waals surface area contributed by atoms with Gasteiger partial charge in [-0.3, -0.25) is 4.79 Å². The van der Waals surface area contributed by atoms with E-state index in [9.17, 15) is 4.79 Å². The molecule has 72 valence electrons. The Morgan fingerprint density at radius 3 is 2.79 bits per heavy atom. The van der Waals surface area contributed by atoms with Gasteiger partial charge in [0.2, 0.25) is 0 Å². The molecule has 0 aliphatic rings. The fourth-order valence-corrected chi connectivity index (χ4v) is 2.19. The van der Waals surface area contributed by atoms with Crippen LogP contribution in [0.4, 0.5) is 0 Å². The van der Waals surface area contributed by atoms with Gasteiger partial charge in [0.25, 0.3) is 0 Å². The Balaban J connectivity index is 2.80. The van der Waals surface area contributed by atoms with Gasteiger partial charge in [-0.2, -0.15) is 0 Å². The lowest BCUT2D eigenvalue weighted by Gasteiger charge is -1.96. The van der Waals surface area contributed by atoms with Crippen LogP contribution in [0.15, 0.2) is 30.5 Å². The molecule has 0 spiro atoms.